The highest BCUT2D eigenvalue weighted by atomic mass is 16.2. The molecule has 0 aliphatic carbocycles. The first-order valence-corrected chi connectivity index (χ1v) is 6.28. The molecule has 0 bridgehead atoms. The summed E-state index contributed by atoms with van der Waals surface area (Å²) in [6.07, 6.45) is 2.51. The van der Waals surface area contributed by atoms with Crippen LogP contribution in [0.15, 0.2) is 30.3 Å². The number of carbonyl (C=O) groups excluding carboxylic acids is 2. The number of rotatable bonds is 1. The van der Waals surface area contributed by atoms with Crippen LogP contribution >= 0.6 is 0 Å². The number of β-lactam (4-membered cyclic amide) rings is 1. The molecule has 0 unspecified atom stereocenters. The Morgan fingerprint density at radius 3 is 2.00 bits per heavy atom. The highest BCUT2D eigenvalue weighted by molar-refractivity contribution is 5.99. The summed E-state index contributed by atoms with van der Waals surface area (Å²) < 4.78 is 0. The molecule has 0 aromatic heterocycles. The van der Waals surface area contributed by atoms with Gasteiger partial charge >= 0.3 is 0 Å². The van der Waals surface area contributed by atoms with E-state index in [1.54, 1.807) is 9.80 Å². The van der Waals surface area contributed by atoms with Gasteiger partial charge in [-0.3, -0.25) is 9.59 Å². The lowest BCUT2D eigenvalue weighted by Crippen LogP contribution is -2.43. The van der Waals surface area contributed by atoms with E-state index >= 15 is 0 Å². The zero-order valence-corrected chi connectivity index (χ0v) is 10.6. The summed E-state index contributed by atoms with van der Waals surface area (Å²) in [7, 11) is 1.84. The minimum absolute atomic E-state index is 0.233. The first-order valence-electron chi connectivity index (χ1n) is 6.28. The van der Waals surface area contributed by atoms with Gasteiger partial charge in [0.15, 0.2) is 0 Å². The van der Waals surface area contributed by atoms with Crippen molar-refractivity contribution in [3.05, 3.63) is 30.3 Å². The lowest BCUT2D eigenvalue weighted by molar-refractivity contribution is -0.126. The van der Waals surface area contributed by atoms with Gasteiger partial charge in [-0.25, -0.2) is 0 Å². The fourth-order valence-electron chi connectivity index (χ4n) is 1.98. The van der Waals surface area contributed by atoms with Crippen molar-refractivity contribution < 1.29 is 9.59 Å². The summed E-state index contributed by atoms with van der Waals surface area (Å²) >= 11 is 0. The van der Waals surface area contributed by atoms with E-state index in [9.17, 15) is 9.59 Å². The van der Waals surface area contributed by atoms with Crippen LogP contribution in [0, 0.1) is 0 Å². The second kappa shape index (κ2) is 5.67. The lowest BCUT2D eigenvalue weighted by atomic mass is 10.1. The molecule has 3 rings (SSSR count). The number of benzene rings is 1. The highest BCUT2D eigenvalue weighted by Gasteiger charge is 2.24. The Labute approximate surface area is 107 Å². The van der Waals surface area contributed by atoms with Crippen LogP contribution in [0.2, 0.25) is 0 Å². The molecule has 1 aromatic carbocycles. The number of nitrogens with zero attached hydrogens (tertiary/aromatic N) is 2. The topological polar surface area (TPSA) is 40.6 Å². The Bertz CT molecular complexity index is 431. The maximum atomic E-state index is 11.0. The Morgan fingerprint density at radius 1 is 0.944 bits per heavy atom. The molecule has 2 aliphatic heterocycles. The van der Waals surface area contributed by atoms with Crippen LogP contribution < -0.4 is 4.90 Å². The zero-order chi connectivity index (χ0) is 13.0. The van der Waals surface area contributed by atoms with E-state index in [2.05, 4.69) is 0 Å². The first-order chi connectivity index (χ1) is 8.68. The highest BCUT2D eigenvalue weighted by Crippen LogP contribution is 2.20. The largest absolute Gasteiger partial charge is 0.346 e. The van der Waals surface area contributed by atoms with E-state index in [4.69, 9.17) is 0 Å². The van der Waals surface area contributed by atoms with Crippen molar-refractivity contribution >= 4 is 17.5 Å². The average Bonchev–Trinajstić information content (AvgIpc) is 2.74. The predicted octanol–water partition coefficient (Wildman–Crippen LogP) is 1.66. The third kappa shape index (κ3) is 2.88. The average molecular weight is 246 g/mol. The minimum atomic E-state index is 0.233. The van der Waals surface area contributed by atoms with Crippen LogP contribution in [0.25, 0.3) is 0 Å². The van der Waals surface area contributed by atoms with Crippen molar-refractivity contribution in [2.24, 2.45) is 0 Å². The molecule has 2 amide bonds. The normalized spacial score (nSPS) is 18.3. The van der Waals surface area contributed by atoms with Gasteiger partial charge in [-0.15, -0.1) is 0 Å². The molecule has 2 heterocycles. The second-order valence-corrected chi connectivity index (χ2v) is 4.55. The van der Waals surface area contributed by atoms with Gasteiger partial charge < -0.3 is 9.80 Å². The summed E-state index contributed by atoms with van der Waals surface area (Å²) in [6.45, 7) is 1.84. The minimum Gasteiger partial charge on any atom is -0.346 e. The van der Waals surface area contributed by atoms with Gasteiger partial charge in [-0.2, -0.15) is 0 Å². The van der Waals surface area contributed by atoms with Crippen molar-refractivity contribution in [2.75, 3.05) is 25.0 Å². The Hall–Kier alpha value is -1.84. The molecule has 0 N–H and O–H groups in total. The molecule has 2 aliphatic rings. The monoisotopic (exact) mass is 246 g/mol. The molecule has 0 saturated carbocycles. The fraction of sp³-hybridized carbons (Fsp3) is 0.429. The van der Waals surface area contributed by atoms with Crippen LogP contribution in [0.5, 0.6) is 0 Å². The van der Waals surface area contributed by atoms with Gasteiger partial charge in [0.25, 0.3) is 0 Å². The van der Waals surface area contributed by atoms with Crippen molar-refractivity contribution in [3.63, 3.8) is 0 Å². The number of carbonyl (C=O) groups is 2. The standard InChI is InChI=1S/C9H9NO.C5H9NO/c11-9-6-7-10(9)8-4-2-1-3-5-8;1-6-4-2-3-5(6)7/h1-5H,6-7H2;2-4H2,1H3. The van der Waals surface area contributed by atoms with Crippen molar-refractivity contribution in [1.82, 2.24) is 4.90 Å². The van der Waals surface area contributed by atoms with E-state index in [1.165, 1.54) is 0 Å². The molecule has 4 heteroatoms. The Balaban J connectivity index is 0.000000149. The molecule has 2 saturated heterocycles. The number of likely N-dealkylation sites (tertiary alicyclic amines) is 1. The molecule has 2 fully saturated rings. The lowest BCUT2D eigenvalue weighted by Gasteiger charge is -2.30. The summed E-state index contributed by atoms with van der Waals surface area (Å²) in [4.78, 5) is 25.0. The van der Waals surface area contributed by atoms with E-state index in [1.807, 2.05) is 37.4 Å². The second-order valence-electron chi connectivity index (χ2n) is 4.55. The maximum Gasteiger partial charge on any atom is 0.228 e. The van der Waals surface area contributed by atoms with Gasteiger partial charge in [0, 0.05) is 38.7 Å². The third-order valence-electron chi connectivity index (χ3n) is 3.23. The van der Waals surface area contributed by atoms with Crippen molar-refractivity contribution in [1.29, 1.82) is 0 Å². The molecular weight excluding hydrogens is 228 g/mol. The Kier molecular flexibility index (Phi) is 3.97. The smallest absolute Gasteiger partial charge is 0.228 e. The van der Waals surface area contributed by atoms with Crippen molar-refractivity contribution in [3.8, 4) is 0 Å². The summed E-state index contributed by atoms with van der Waals surface area (Å²) in [5, 5.41) is 0. The zero-order valence-electron chi connectivity index (χ0n) is 10.6. The van der Waals surface area contributed by atoms with Crippen LogP contribution in [0.3, 0.4) is 0 Å². The number of anilines is 1. The van der Waals surface area contributed by atoms with Gasteiger partial charge in [-0.1, -0.05) is 18.2 Å². The summed E-state index contributed by atoms with van der Waals surface area (Å²) in [5.41, 5.74) is 1.02. The fourth-order valence-corrected chi connectivity index (χ4v) is 1.98. The van der Waals surface area contributed by atoms with E-state index in [0.717, 1.165) is 31.6 Å². The summed E-state index contributed by atoms with van der Waals surface area (Å²) in [5.74, 6) is 0.524. The molecule has 0 spiro atoms. The van der Waals surface area contributed by atoms with Crippen LogP contribution in [-0.4, -0.2) is 36.9 Å². The van der Waals surface area contributed by atoms with E-state index in [-0.39, 0.29) is 5.91 Å². The number of amides is 2. The van der Waals surface area contributed by atoms with Crippen LogP contribution in [-0.2, 0) is 9.59 Å². The van der Waals surface area contributed by atoms with Crippen LogP contribution in [0.4, 0.5) is 5.69 Å². The number of hydrogen-bond donors (Lipinski definition) is 0. The quantitative estimate of drug-likeness (QED) is 0.707. The molecule has 0 radical (unpaired) electrons. The maximum absolute atomic E-state index is 11.0. The van der Waals surface area contributed by atoms with Gasteiger partial charge in [0.1, 0.15) is 0 Å². The van der Waals surface area contributed by atoms with E-state index in [0.29, 0.717) is 12.3 Å². The first kappa shape index (κ1) is 12.6. The van der Waals surface area contributed by atoms with Crippen LogP contribution in [0.1, 0.15) is 19.3 Å². The molecular formula is C14H18N2O2. The van der Waals surface area contributed by atoms with Gasteiger partial charge in [-0.05, 0) is 18.6 Å². The number of para-hydroxylation sites is 1. The molecule has 4 nitrogen and oxygen atoms in total. The van der Waals surface area contributed by atoms with Gasteiger partial charge in [0.05, 0.1) is 0 Å². The Morgan fingerprint density at radius 2 is 1.67 bits per heavy atom. The molecule has 96 valence electrons. The van der Waals surface area contributed by atoms with E-state index < -0.39 is 0 Å². The van der Waals surface area contributed by atoms with Crippen molar-refractivity contribution in [2.45, 2.75) is 19.3 Å². The SMILES string of the molecule is CN1CCCC1=O.O=C1CCN1c1ccccc1. The molecule has 18 heavy (non-hydrogen) atoms. The number of hydrogen-bond acceptors (Lipinski definition) is 2. The van der Waals surface area contributed by atoms with Gasteiger partial charge in [0.2, 0.25) is 11.8 Å². The third-order valence-corrected chi connectivity index (χ3v) is 3.23. The summed E-state index contributed by atoms with van der Waals surface area (Å²) in [6, 6.07) is 9.75. The molecule has 0 atom stereocenters. The molecule has 1 aromatic rings. The predicted molar refractivity (Wildman–Crippen MR) is 70.3 cm³/mol.